The molecule has 1 fully saturated rings. The van der Waals surface area contributed by atoms with Crippen molar-refractivity contribution < 1.29 is 0 Å². The molecule has 1 N–H and O–H groups in total. The second-order valence-electron chi connectivity index (χ2n) is 7.43. The Balaban J connectivity index is 1.49. The number of piperidine rings is 1. The van der Waals surface area contributed by atoms with Gasteiger partial charge in [-0.2, -0.15) is 0 Å². The van der Waals surface area contributed by atoms with Crippen molar-refractivity contribution >= 4 is 5.65 Å². The fourth-order valence-electron chi connectivity index (χ4n) is 4.17. The average Bonchev–Trinajstić information content (AvgIpc) is 3.19. The van der Waals surface area contributed by atoms with Crippen molar-refractivity contribution in [2.24, 2.45) is 0 Å². The number of hydrogen-bond acceptors (Lipinski definition) is 4. The summed E-state index contributed by atoms with van der Waals surface area (Å²) in [5.74, 6) is 0. The van der Waals surface area contributed by atoms with Crippen LogP contribution in [-0.4, -0.2) is 19.4 Å². The lowest BCUT2D eigenvalue weighted by molar-refractivity contribution is 0.321. The lowest BCUT2D eigenvalue weighted by Gasteiger charge is -2.30. The predicted molar refractivity (Wildman–Crippen MR) is 110 cm³/mol. The Bertz CT molecular complexity index is 1100. The van der Waals surface area contributed by atoms with E-state index in [9.17, 15) is 0 Å². The molecule has 0 aromatic carbocycles. The molecular weight excluding hydrogens is 346 g/mol. The van der Waals surface area contributed by atoms with E-state index >= 15 is 0 Å². The van der Waals surface area contributed by atoms with Crippen molar-refractivity contribution in [2.75, 3.05) is 0 Å². The smallest absolute Gasteiger partial charge is 0.137 e. The minimum absolute atomic E-state index is 0.233. The Morgan fingerprint density at radius 1 is 0.929 bits per heavy atom. The van der Waals surface area contributed by atoms with E-state index in [4.69, 9.17) is 4.98 Å². The van der Waals surface area contributed by atoms with Crippen molar-refractivity contribution in [1.82, 2.24) is 24.7 Å². The van der Waals surface area contributed by atoms with Crippen LogP contribution in [0.1, 0.15) is 48.3 Å². The van der Waals surface area contributed by atoms with Gasteiger partial charge in [-0.05, 0) is 62.1 Å². The molecule has 2 unspecified atom stereocenters. The Labute approximate surface area is 164 Å². The Kier molecular flexibility index (Phi) is 4.37. The Morgan fingerprint density at radius 3 is 2.68 bits per heavy atom. The van der Waals surface area contributed by atoms with Crippen LogP contribution in [0.5, 0.6) is 0 Å². The molecule has 1 aliphatic rings. The van der Waals surface area contributed by atoms with Gasteiger partial charge < -0.3 is 5.32 Å². The standard InChI is InChI=1S/C23H23N5/c1-16-7-6-14-25-23(16)19-10-4-9-17(26-19)20-15-28-21(11-5-12-22(28)27-20)18-8-2-3-13-24-18/h2-3,5-8,11-15,17,19,26H,4,9-10H2,1H3. The minimum Gasteiger partial charge on any atom is -0.300 e. The number of rotatable bonds is 3. The third kappa shape index (κ3) is 3.08. The quantitative estimate of drug-likeness (QED) is 0.571. The van der Waals surface area contributed by atoms with Crippen LogP contribution in [0.4, 0.5) is 0 Å². The maximum Gasteiger partial charge on any atom is 0.137 e. The summed E-state index contributed by atoms with van der Waals surface area (Å²) in [5.41, 5.74) is 6.46. The number of pyridine rings is 3. The Morgan fingerprint density at radius 2 is 1.82 bits per heavy atom. The fraction of sp³-hybridized carbons (Fsp3) is 0.261. The van der Waals surface area contributed by atoms with Crippen LogP contribution < -0.4 is 5.32 Å². The first-order valence-electron chi connectivity index (χ1n) is 9.86. The zero-order chi connectivity index (χ0) is 18.9. The number of nitrogens with one attached hydrogen (secondary N) is 1. The molecule has 140 valence electrons. The van der Waals surface area contributed by atoms with Crippen molar-refractivity contribution in [3.05, 3.63) is 84.1 Å². The van der Waals surface area contributed by atoms with Gasteiger partial charge in [0.15, 0.2) is 0 Å². The normalized spacial score (nSPS) is 19.8. The highest BCUT2D eigenvalue weighted by molar-refractivity contribution is 5.60. The zero-order valence-corrected chi connectivity index (χ0v) is 15.9. The van der Waals surface area contributed by atoms with Crippen molar-refractivity contribution in [1.29, 1.82) is 0 Å². The van der Waals surface area contributed by atoms with Crippen LogP contribution >= 0.6 is 0 Å². The minimum atomic E-state index is 0.233. The maximum absolute atomic E-state index is 4.93. The molecule has 0 radical (unpaired) electrons. The first-order valence-corrected chi connectivity index (χ1v) is 9.86. The summed E-state index contributed by atoms with van der Waals surface area (Å²) in [4.78, 5) is 14.1. The topological polar surface area (TPSA) is 55.1 Å². The third-order valence-corrected chi connectivity index (χ3v) is 5.56. The first kappa shape index (κ1) is 17.1. The third-order valence-electron chi connectivity index (χ3n) is 5.56. The molecule has 5 rings (SSSR count). The van der Waals surface area contributed by atoms with Crippen LogP contribution in [0.15, 0.2) is 67.1 Å². The van der Waals surface area contributed by atoms with E-state index in [1.54, 1.807) is 0 Å². The van der Waals surface area contributed by atoms with E-state index < -0.39 is 0 Å². The molecule has 5 heteroatoms. The summed E-state index contributed by atoms with van der Waals surface area (Å²) in [5, 5.41) is 3.79. The molecule has 0 bridgehead atoms. The predicted octanol–water partition coefficient (Wildman–Crippen LogP) is 4.66. The van der Waals surface area contributed by atoms with Gasteiger partial charge >= 0.3 is 0 Å². The molecular formula is C23H23N5. The number of hydrogen-bond donors (Lipinski definition) is 1. The molecule has 0 amide bonds. The number of nitrogens with zero attached hydrogens (tertiary/aromatic N) is 4. The van der Waals surface area contributed by atoms with E-state index in [-0.39, 0.29) is 12.1 Å². The van der Waals surface area contributed by atoms with Crippen LogP contribution in [-0.2, 0) is 0 Å². The monoisotopic (exact) mass is 369 g/mol. The second kappa shape index (κ2) is 7.17. The van der Waals surface area contributed by atoms with Crippen molar-refractivity contribution in [3.8, 4) is 11.4 Å². The van der Waals surface area contributed by atoms with Gasteiger partial charge in [0, 0.05) is 18.6 Å². The van der Waals surface area contributed by atoms with Crippen LogP contribution in [0.2, 0.25) is 0 Å². The van der Waals surface area contributed by atoms with Crippen LogP contribution in [0, 0.1) is 6.92 Å². The van der Waals surface area contributed by atoms with E-state index in [0.717, 1.165) is 41.3 Å². The zero-order valence-electron chi connectivity index (χ0n) is 15.9. The van der Waals surface area contributed by atoms with Crippen LogP contribution in [0.25, 0.3) is 17.0 Å². The summed E-state index contributed by atoms with van der Waals surface area (Å²) < 4.78 is 2.15. The molecule has 1 aliphatic heterocycles. The highest BCUT2D eigenvalue weighted by Gasteiger charge is 2.27. The summed E-state index contributed by atoms with van der Waals surface area (Å²) in [6.45, 7) is 2.14. The van der Waals surface area contributed by atoms with Crippen molar-refractivity contribution in [3.63, 3.8) is 0 Å². The van der Waals surface area contributed by atoms with Gasteiger partial charge in [0.1, 0.15) is 5.65 Å². The van der Waals surface area contributed by atoms with Gasteiger partial charge in [-0.15, -0.1) is 0 Å². The lowest BCUT2D eigenvalue weighted by atomic mass is 9.93. The fourth-order valence-corrected chi connectivity index (χ4v) is 4.17. The summed E-state index contributed by atoms with van der Waals surface area (Å²) in [6, 6.07) is 16.8. The molecule has 5 heterocycles. The van der Waals surface area contributed by atoms with Gasteiger partial charge in [0.25, 0.3) is 0 Å². The van der Waals surface area contributed by atoms with E-state index in [2.05, 4.69) is 51.0 Å². The van der Waals surface area contributed by atoms with Gasteiger partial charge in [-0.25, -0.2) is 4.98 Å². The molecule has 0 saturated carbocycles. The molecule has 1 saturated heterocycles. The molecule has 28 heavy (non-hydrogen) atoms. The molecule has 5 nitrogen and oxygen atoms in total. The summed E-state index contributed by atoms with van der Waals surface area (Å²) in [7, 11) is 0. The number of aryl methyl sites for hydroxylation is 1. The number of aromatic nitrogens is 4. The van der Waals surface area contributed by atoms with Gasteiger partial charge in [0.05, 0.1) is 34.9 Å². The van der Waals surface area contributed by atoms with Gasteiger partial charge in [-0.1, -0.05) is 18.2 Å². The largest absolute Gasteiger partial charge is 0.300 e. The lowest BCUT2D eigenvalue weighted by Crippen LogP contribution is -2.32. The van der Waals surface area contributed by atoms with E-state index in [0.29, 0.717) is 0 Å². The van der Waals surface area contributed by atoms with E-state index in [1.165, 1.54) is 12.0 Å². The first-order chi connectivity index (χ1) is 13.8. The number of imidazole rings is 1. The molecule has 0 aliphatic carbocycles. The van der Waals surface area contributed by atoms with Gasteiger partial charge in [0.2, 0.25) is 0 Å². The van der Waals surface area contributed by atoms with Crippen molar-refractivity contribution in [2.45, 2.75) is 38.3 Å². The second-order valence-corrected chi connectivity index (χ2v) is 7.43. The van der Waals surface area contributed by atoms with Crippen LogP contribution in [0.3, 0.4) is 0 Å². The Hall–Kier alpha value is -3.05. The molecule has 4 aromatic heterocycles. The maximum atomic E-state index is 4.93. The highest BCUT2D eigenvalue weighted by atomic mass is 15.1. The SMILES string of the molecule is Cc1cccnc1C1CCCC(c2cn3c(-c4ccccn4)cccc3n2)N1. The van der Waals surface area contributed by atoms with Gasteiger partial charge in [-0.3, -0.25) is 14.4 Å². The average molecular weight is 369 g/mol. The summed E-state index contributed by atoms with van der Waals surface area (Å²) in [6.07, 6.45) is 9.24. The molecule has 2 atom stereocenters. The molecule has 0 spiro atoms. The highest BCUT2D eigenvalue weighted by Crippen LogP contribution is 2.33. The number of fused-ring (bicyclic) bond motifs is 1. The summed E-state index contributed by atoms with van der Waals surface area (Å²) >= 11 is 0. The molecule has 4 aromatic rings. The van der Waals surface area contributed by atoms with E-state index in [1.807, 2.05) is 42.7 Å².